The van der Waals surface area contributed by atoms with Crippen LogP contribution in [0.15, 0.2) is 37.7 Å². The Morgan fingerprint density at radius 2 is 1.75 bits per heavy atom. The molecule has 0 aliphatic rings. The van der Waals surface area contributed by atoms with Crippen molar-refractivity contribution < 1.29 is 61.3 Å². The van der Waals surface area contributed by atoms with Crippen molar-refractivity contribution >= 4 is 87.0 Å². The van der Waals surface area contributed by atoms with E-state index in [0.29, 0.717) is 28.2 Å². The number of nitrogens with one attached hydrogen (secondary N) is 3. The summed E-state index contributed by atoms with van der Waals surface area (Å²) in [6.07, 6.45) is 11.0. The van der Waals surface area contributed by atoms with Crippen LogP contribution in [-0.4, -0.2) is 112 Å². The SMILES string of the molecule is C#CCOc1cc(-n2nc(C(C)(C)C)oc2=O)c(Cl)cc1Cl.COc1nc(C)nc(NC(=O)NS(=O)(=O)c2ccsc2C(=O)O)n1.C[S+](C)C.O=C(O)CNCP(=O)([O-])O. The highest BCUT2D eigenvalue weighted by Crippen LogP contribution is 2.33. The van der Waals surface area contributed by atoms with Crippen molar-refractivity contribution in [3.8, 4) is 29.8 Å². The lowest BCUT2D eigenvalue weighted by Crippen LogP contribution is -2.35. The number of aliphatic carboxylic acids is 1. The number of urea groups is 1. The van der Waals surface area contributed by atoms with Crippen LogP contribution >= 0.6 is 42.1 Å². The molecule has 22 nitrogen and oxygen atoms in total. The first-order chi connectivity index (χ1) is 27.6. The van der Waals surface area contributed by atoms with Gasteiger partial charge in [-0.25, -0.2) is 27.5 Å². The molecule has 4 aromatic rings. The Kier molecular flexibility index (Phi) is 21.2. The molecule has 0 spiro atoms. The number of nitrogens with zero attached hydrogens (tertiary/aromatic N) is 5. The molecule has 1 aromatic carbocycles. The van der Waals surface area contributed by atoms with Crippen molar-refractivity contribution in [2.24, 2.45) is 0 Å². The normalized spacial score (nSPS) is 11.8. The van der Waals surface area contributed by atoms with Gasteiger partial charge in [-0.15, -0.1) is 22.9 Å². The highest BCUT2D eigenvalue weighted by Gasteiger charge is 2.27. The molecule has 0 saturated heterocycles. The van der Waals surface area contributed by atoms with Crippen LogP contribution in [0.3, 0.4) is 0 Å². The van der Waals surface area contributed by atoms with E-state index in [1.54, 1.807) is 4.72 Å². The molecule has 0 radical (unpaired) electrons. The molecule has 6 N–H and O–H groups in total. The number of anilines is 1. The van der Waals surface area contributed by atoms with E-state index >= 15 is 0 Å². The van der Waals surface area contributed by atoms with Crippen LogP contribution in [0.2, 0.25) is 10.0 Å². The number of terminal acetylenes is 1. The molecule has 330 valence electrons. The molecule has 4 rings (SSSR count). The molecule has 28 heteroatoms. The maximum absolute atomic E-state index is 12.1. The largest absolute Gasteiger partial charge is 0.778 e. The maximum atomic E-state index is 12.1. The minimum absolute atomic E-state index is 0.0434. The lowest BCUT2D eigenvalue weighted by Gasteiger charge is -2.14. The number of sulfonamides is 1. The summed E-state index contributed by atoms with van der Waals surface area (Å²) in [5, 5.41) is 27.0. The van der Waals surface area contributed by atoms with E-state index in [1.165, 1.54) is 31.5 Å². The Balaban J connectivity index is 0.000000460. The second-order valence-corrected chi connectivity index (χ2v) is 20.0. The van der Waals surface area contributed by atoms with Crippen molar-refractivity contribution in [1.82, 2.24) is 34.8 Å². The number of halogens is 2. The second-order valence-electron chi connectivity index (χ2n) is 12.6. The van der Waals surface area contributed by atoms with Gasteiger partial charge in [0, 0.05) is 11.5 Å². The van der Waals surface area contributed by atoms with Gasteiger partial charge in [-0.2, -0.15) is 19.6 Å². The predicted molar refractivity (Wildman–Crippen MR) is 222 cm³/mol. The van der Waals surface area contributed by atoms with Gasteiger partial charge in [-0.05, 0) is 35.3 Å². The molecule has 0 fully saturated rings. The van der Waals surface area contributed by atoms with E-state index in [4.69, 9.17) is 58.6 Å². The fourth-order valence-electron chi connectivity index (χ4n) is 3.52. The molecule has 1 atom stereocenters. The van der Waals surface area contributed by atoms with E-state index in [1.807, 2.05) is 26.1 Å². The zero-order valence-electron chi connectivity index (χ0n) is 33.0. The number of hydrogen-bond acceptors (Lipinski definition) is 17. The number of carboxylic acids is 2. The summed E-state index contributed by atoms with van der Waals surface area (Å²) in [5.74, 6) is -0.264. The van der Waals surface area contributed by atoms with Crippen LogP contribution in [0.1, 0.15) is 42.2 Å². The lowest BCUT2D eigenvalue weighted by atomic mass is 9.97. The molecule has 1 unspecified atom stereocenters. The number of thiophene rings is 1. The van der Waals surface area contributed by atoms with E-state index < -0.39 is 69.4 Å². The van der Waals surface area contributed by atoms with Crippen LogP contribution in [0.4, 0.5) is 10.7 Å². The van der Waals surface area contributed by atoms with Crippen molar-refractivity contribution in [2.45, 2.75) is 38.0 Å². The Bertz CT molecular complexity index is 2370. The third-order valence-corrected chi connectivity index (χ3v) is 9.42. The van der Waals surface area contributed by atoms with Crippen LogP contribution in [0.25, 0.3) is 5.69 Å². The minimum atomic E-state index is -4.37. The van der Waals surface area contributed by atoms with Crippen molar-refractivity contribution in [2.75, 3.05) is 50.6 Å². The Labute approximate surface area is 360 Å². The number of carbonyl (C=O) groups is 3. The molecule has 0 bridgehead atoms. The lowest BCUT2D eigenvalue weighted by molar-refractivity contribution is -0.193. The van der Waals surface area contributed by atoms with Gasteiger partial charge in [0.15, 0.2) is 0 Å². The third-order valence-electron chi connectivity index (χ3n) is 5.79. The van der Waals surface area contributed by atoms with Gasteiger partial charge in [-0.1, -0.05) is 49.9 Å². The number of benzene rings is 1. The predicted octanol–water partition coefficient (Wildman–Crippen LogP) is 2.56. The van der Waals surface area contributed by atoms with Gasteiger partial charge in [0.2, 0.25) is 11.8 Å². The number of aromatic nitrogens is 5. The van der Waals surface area contributed by atoms with E-state index in [2.05, 4.69) is 50.1 Å². The first-order valence-corrected chi connectivity index (χ1v) is 23.5. The zero-order valence-corrected chi connectivity index (χ0v) is 37.9. The van der Waals surface area contributed by atoms with Gasteiger partial charge in [0.1, 0.15) is 35.5 Å². The quantitative estimate of drug-likeness (QED) is 0.0675. The average Bonchev–Trinajstić information content (AvgIpc) is 3.75. The molecular formula is C32H41Cl2N8O14PS3. The number of methoxy groups -OCH3 is 1. The average molecular weight is 960 g/mol. The summed E-state index contributed by atoms with van der Waals surface area (Å²) in [7, 11) is -6.77. The summed E-state index contributed by atoms with van der Waals surface area (Å²) in [6.45, 7) is 6.73. The third kappa shape index (κ3) is 19.1. The maximum Gasteiger partial charge on any atom is 0.442 e. The molecule has 3 aromatic heterocycles. The molecule has 60 heavy (non-hydrogen) atoms. The number of ether oxygens (including phenoxy) is 2. The highest BCUT2D eigenvalue weighted by atomic mass is 35.5. The van der Waals surface area contributed by atoms with Crippen LogP contribution in [0, 0.1) is 19.3 Å². The van der Waals surface area contributed by atoms with E-state index in [-0.39, 0.29) is 34.4 Å². The topological polar surface area (TPSA) is 327 Å². The van der Waals surface area contributed by atoms with E-state index in [9.17, 15) is 37.1 Å². The Morgan fingerprint density at radius 1 is 1.13 bits per heavy atom. The van der Waals surface area contributed by atoms with Gasteiger partial charge in [0.25, 0.3) is 10.0 Å². The van der Waals surface area contributed by atoms with Crippen LogP contribution in [-0.2, 0) is 35.7 Å². The second kappa shape index (κ2) is 23.9. The fourth-order valence-corrected chi connectivity index (χ4v) is 6.60. The smallest absolute Gasteiger partial charge is 0.442 e. The van der Waals surface area contributed by atoms with Gasteiger partial charge in [0.05, 0.1) is 54.4 Å². The van der Waals surface area contributed by atoms with Crippen LogP contribution in [0.5, 0.6) is 11.8 Å². The molecular weight excluding hydrogens is 918 g/mol. The summed E-state index contributed by atoms with van der Waals surface area (Å²) < 4.78 is 52.2. The molecule has 3 heterocycles. The van der Waals surface area contributed by atoms with Gasteiger partial charge in [-0.3, -0.25) is 15.4 Å². The number of rotatable bonds is 12. The number of aryl methyl sites for hydroxylation is 1. The van der Waals surface area contributed by atoms with Crippen molar-refractivity contribution in [3.05, 3.63) is 60.8 Å². The zero-order chi connectivity index (χ0) is 46.2. The van der Waals surface area contributed by atoms with Gasteiger partial charge >= 0.3 is 29.7 Å². The highest BCUT2D eigenvalue weighted by molar-refractivity contribution is 7.94. The molecule has 0 aliphatic carbocycles. The molecule has 0 aliphatic heterocycles. The molecule has 2 amide bonds. The summed E-state index contributed by atoms with van der Waals surface area (Å²) in [5.41, 5.74) is -0.103. The number of hydrogen-bond donors (Lipinski definition) is 6. The summed E-state index contributed by atoms with van der Waals surface area (Å²) >= 11 is 12.9. The first-order valence-electron chi connectivity index (χ1n) is 16.1. The minimum Gasteiger partial charge on any atom is -0.778 e. The summed E-state index contributed by atoms with van der Waals surface area (Å²) in [4.78, 5) is 73.0. The van der Waals surface area contributed by atoms with Crippen molar-refractivity contribution in [3.63, 3.8) is 0 Å². The standard InChI is InChI=1S/C15H14Cl2N2O3.C11H11N5O6S2.C3H8NO5P.C3H9S/c1-5-6-21-12-8-11(9(16)7-10(12)17)19-14(20)22-13(18-19)15(2,3)4;1-5-12-9(15-11(13-5)22-2)14-10(19)16-24(20,21)6-3-4-23-7(6)8(17)18;5-3(6)1-4-2-10(7,8)9;1-4(2)3/h1,7-8H,6H2,2-4H3;3-4H,1-2H3,(H,17,18)(H2,12,13,14,15,16,19);4H,1-2H2,(H,5,6)(H2,7,8,9);1-3H3/q;;;+1/p-1. The number of carboxylic acid groups (broad SMARTS) is 2. The number of amides is 2. The van der Waals surface area contributed by atoms with E-state index in [0.717, 1.165) is 22.1 Å². The first kappa shape index (κ1) is 53.2. The van der Waals surface area contributed by atoms with Crippen LogP contribution < -0.4 is 35.5 Å². The monoisotopic (exact) mass is 958 g/mol. The Morgan fingerprint density at radius 3 is 2.25 bits per heavy atom. The molecule has 0 saturated carbocycles. The van der Waals surface area contributed by atoms with Gasteiger partial charge < -0.3 is 38.5 Å². The number of aromatic carboxylic acids is 1. The number of carbonyl (C=O) groups excluding carboxylic acids is 1. The summed E-state index contributed by atoms with van der Waals surface area (Å²) in [6, 6.07) is 2.82. The van der Waals surface area contributed by atoms with Crippen molar-refractivity contribution in [1.29, 1.82) is 0 Å². The fraction of sp³-hybridized carbons (Fsp3) is 0.375. The Hall–Kier alpha value is -4.77.